The SMILES string of the molecule is CNc1cc(-c2sc(-c3nccn3C)c(-c3ccc(Cl)cc3Cl)c2C#N)ccn1. The zero-order chi connectivity index (χ0) is 20.5. The average molecular weight is 440 g/mol. The second-order valence-electron chi connectivity index (χ2n) is 6.29. The number of aryl methyl sites for hydroxylation is 1. The number of imidazole rings is 1. The number of thiophene rings is 1. The normalized spacial score (nSPS) is 10.7. The van der Waals surface area contributed by atoms with E-state index in [1.165, 1.54) is 11.3 Å². The van der Waals surface area contributed by atoms with Gasteiger partial charge in [0, 0.05) is 53.9 Å². The lowest BCUT2D eigenvalue weighted by Gasteiger charge is -2.08. The first-order chi connectivity index (χ1) is 14.0. The van der Waals surface area contributed by atoms with Crippen molar-refractivity contribution in [3.63, 3.8) is 0 Å². The number of nitrogens with zero attached hydrogens (tertiary/aromatic N) is 4. The summed E-state index contributed by atoms with van der Waals surface area (Å²) in [7, 11) is 3.73. The average Bonchev–Trinajstić information content (AvgIpc) is 3.31. The van der Waals surface area contributed by atoms with E-state index in [9.17, 15) is 5.26 Å². The standard InChI is InChI=1S/C21H15Cl2N5S/c1-25-17-9-12(5-6-26-17)19-15(11-24)18(14-4-3-13(22)10-16(14)23)20(29-19)21-27-7-8-28(21)2/h3-10H,1-2H3,(H,25,26). The van der Waals surface area contributed by atoms with Crippen molar-refractivity contribution in [1.82, 2.24) is 14.5 Å². The van der Waals surface area contributed by atoms with Crippen LogP contribution < -0.4 is 5.32 Å². The predicted molar refractivity (Wildman–Crippen MR) is 119 cm³/mol. The van der Waals surface area contributed by atoms with Crippen molar-refractivity contribution in [1.29, 1.82) is 5.26 Å². The fraction of sp³-hybridized carbons (Fsp3) is 0.0952. The monoisotopic (exact) mass is 439 g/mol. The van der Waals surface area contributed by atoms with Crippen molar-refractivity contribution in [2.45, 2.75) is 0 Å². The molecule has 1 N–H and O–H groups in total. The van der Waals surface area contributed by atoms with Crippen molar-refractivity contribution in [2.24, 2.45) is 7.05 Å². The maximum atomic E-state index is 10.1. The number of hydrogen-bond acceptors (Lipinski definition) is 5. The maximum absolute atomic E-state index is 10.1. The molecule has 0 atom stereocenters. The zero-order valence-electron chi connectivity index (χ0n) is 15.6. The molecule has 0 spiro atoms. The molecule has 0 amide bonds. The minimum atomic E-state index is 0.486. The van der Waals surface area contributed by atoms with Crippen molar-refractivity contribution >= 4 is 40.4 Å². The van der Waals surface area contributed by atoms with Crippen LogP contribution >= 0.6 is 34.5 Å². The van der Waals surface area contributed by atoms with Gasteiger partial charge in [0.05, 0.1) is 15.3 Å². The molecule has 0 aliphatic heterocycles. The molecule has 8 heteroatoms. The molecular weight excluding hydrogens is 425 g/mol. The number of halogens is 2. The maximum Gasteiger partial charge on any atom is 0.150 e. The van der Waals surface area contributed by atoms with Gasteiger partial charge in [-0.05, 0) is 29.8 Å². The molecule has 3 heterocycles. The number of hydrogen-bond donors (Lipinski definition) is 1. The van der Waals surface area contributed by atoms with E-state index in [0.717, 1.165) is 38.1 Å². The van der Waals surface area contributed by atoms with E-state index in [1.807, 2.05) is 43.1 Å². The molecule has 4 rings (SSSR count). The van der Waals surface area contributed by atoms with Crippen LogP contribution in [0.2, 0.25) is 10.0 Å². The van der Waals surface area contributed by atoms with Gasteiger partial charge in [0.1, 0.15) is 17.7 Å². The van der Waals surface area contributed by atoms with E-state index >= 15 is 0 Å². The molecular formula is C21H15Cl2N5S. The molecule has 1 aromatic carbocycles. The minimum Gasteiger partial charge on any atom is -0.373 e. The third kappa shape index (κ3) is 3.49. The summed E-state index contributed by atoms with van der Waals surface area (Å²) in [6.07, 6.45) is 5.33. The van der Waals surface area contributed by atoms with Gasteiger partial charge in [0.15, 0.2) is 0 Å². The van der Waals surface area contributed by atoms with Crippen LogP contribution in [0, 0.1) is 11.3 Å². The number of anilines is 1. The molecule has 0 saturated heterocycles. The van der Waals surface area contributed by atoms with Gasteiger partial charge in [-0.15, -0.1) is 11.3 Å². The van der Waals surface area contributed by atoms with Crippen LogP contribution in [-0.4, -0.2) is 21.6 Å². The van der Waals surface area contributed by atoms with Gasteiger partial charge in [-0.25, -0.2) is 9.97 Å². The van der Waals surface area contributed by atoms with Gasteiger partial charge in [-0.1, -0.05) is 29.3 Å². The predicted octanol–water partition coefficient (Wildman–Crippen LogP) is 6.10. The Kier molecular flexibility index (Phi) is 5.29. The lowest BCUT2D eigenvalue weighted by Crippen LogP contribution is -1.92. The molecule has 0 radical (unpaired) electrons. The molecule has 4 aromatic rings. The number of benzene rings is 1. The Morgan fingerprint density at radius 3 is 2.59 bits per heavy atom. The Morgan fingerprint density at radius 2 is 1.93 bits per heavy atom. The van der Waals surface area contributed by atoms with Crippen molar-refractivity contribution in [3.8, 4) is 38.3 Å². The van der Waals surface area contributed by atoms with Crippen molar-refractivity contribution < 1.29 is 0 Å². The van der Waals surface area contributed by atoms with Crippen LogP contribution in [0.4, 0.5) is 5.82 Å². The summed E-state index contributed by atoms with van der Waals surface area (Å²) < 4.78 is 1.93. The number of pyridine rings is 1. The number of rotatable bonds is 4. The summed E-state index contributed by atoms with van der Waals surface area (Å²) in [6, 6.07) is 11.5. The van der Waals surface area contributed by atoms with Crippen LogP contribution in [0.3, 0.4) is 0 Å². The Morgan fingerprint density at radius 1 is 1.10 bits per heavy atom. The molecule has 0 saturated carbocycles. The van der Waals surface area contributed by atoms with Crippen LogP contribution in [0.5, 0.6) is 0 Å². The second kappa shape index (κ2) is 7.88. The van der Waals surface area contributed by atoms with E-state index in [1.54, 1.807) is 24.5 Å². The third-order valence-electron chi connectivity index (χ3n) is 4.52. The lowest BCUT2D eigenvalue weighted by molar-refractivity contribution is 0.928. The Labute approximate surface area is 182 Å². The summed E-state index contributed by atoms with van der Waals surface area (Å²) in [5.74, 6) is 1.49. The van der Waals surface area contributed by atoms with Gasteiger partial charge >= 0.3 is 0 Å². The van der Waals surface area contributed by atoms with Crippen LogP contribution in [0.15, 0.2) is 48.9 Å². The largest absolute Gasteiger partial charge is 0.373 e. The fourth-order valence-electron chi connectivity index (χ4n) is 3.14. The molecule has 0 aliphatic carbocycles. The summed E-state index contributed by atoms with van der Waals surface area (Å²) in [4.78, 5) is 10.5. The highest BCUT2D eigenvalue weighted by Gasteiger charge is 2.25. The Balaban J connectivity index is 2.06. The summed E-state index contributed by atoms with van der Waals surface area (Å²) >= 11 is 14.1. The summed E-state index contributed by atoms with van der Waals surface area (Å²) in [5, 5.41) is 14.2. The number of nitriles is 1. The van der Waals surface area contributed by atoms with Crippen LogP contribution in [0.1, 0.15) is 5.56 Å². The molecule has 0 bridgehead atoms. The first-order valence-electron chi connectivity index (χ1n) is 8.67. The molecule has 0 unspecified atom stereocenters. The van der Waals surface area contributed by atoms with E-state index in [2.05, 4.69) is 21.4 Å². The number of nitrogens with one attached hydrogen (secondary N) is 1. The molecule has 0 aliphatic rings. The fourth-order valence-corrected chi connectivity index (χ4v) is 4.94. The summed E-state index contributed by atoms with van der Waals surface area (Å²) in [5.41, 5.74) is 2.95. The van der Waals surface area contributed by atoms with Gasteiger partial charge in [0.25, 0.3) is 0 Å². The smallest absolute Gasteiger partial charge is 0.150 e. The topological polar surface area (TPSA) is 66.5 Å². The van der Waals surface area contributed by atoms with Crippen molar-refractivity contribution in [3.05, 3.63) is 64.5 Å². The molecule has 29 heavy (non-hydrogen) atoms. The van der Waals surface area contributed by atoms with E-state index in [-0.39, 0.29) is 0 Å². The minimum absolute atomic E-state index is 0.486. The Hall–Kier alpha value is -2.85. The highest BCUT2D eigenvalue weighted by molar-refractivity contribution is 7.19. The molecule has 5 nitrogen and oxygen atoms in total. The quantitative estimate of drug-likeness (QED) is 0.417. The third-order valence-corrected chi connectivity index (χ3v) is 6.31. The van der Waals surface area contributed by atoms with Gasteiger partial charge in [-0.2, -0.15) is 5.26 Å². The van der Waals surface area contributed by atoms with Crippen LogP contribution in [0.25, 0.3) is 32.3 Å². The first-order valence-corrected chi connectivity index (χ1v) is 10.2. The summed E-state index contributed by atoms with van der Waals surface area (Å²) in [6.45, 7) is 0. The zero-order valence-corrected chi connectivity index (χ0v) is 17.9. The van der Waals surface area contributed by atoms with Crippen LogP contribution in [-0.2, 0) is 7.05 Å². The molecule has 3 aromatic heterocycles. The van der Waals surface area contributed by atoms with Gasteiger partial charge in [-0.3, -0.25) is 0 Å². The number of aromatic nitrogens is 3. The van der Waals surface area contributed by atoms with Crippen molar-refractivity contribution in [2.75, 3.05) is 12.4 Å². The molecule has 0 fully saturated rings. The highest BCUT2D eigenvalue weighted by atomic mass is 35.5. The highest BCUT2D eigenvalue weighted by Crippen LogP contribution is 2.48. The second-order valence-corrected chi connectivity index (χ2v) is 8.15. The van der Waals surface area contributed by atoms with Gasteiger partial charge in [0.2, 0.25) is 0 Å². The molecule has 144 valence electrons. The van der Waals surface area contributed by atoms with E-state index in [4.69, 9.17) is 23.2 Å². The van der Waals surface area contributed by atoms with E-state index < -0.39 is 0 Å². The Bertz CT molecular complexity index is 1250. The van der Waals surface area contributed by atoms with Gasteiger partial charge < -0.3 is 9.88 Å². The first kappa shape index (κ1) is 19.5. The lowest BCUT2D eigenvalue weighted by atomic mass is 9.98. The van der Waals surface area contributed by atoms with E-state index in [0.29, 0.717) is 15.6 Å².